The molecular weight excluding hydrogens is 394 g/mol. The molecule has 0 aliphatic rings. The molecule has 1 aromatic carbocycles. The highest BCUT2D eigenvalue weighted by Crippen LogP contribution is 2.27. The quantitative estimate of drug-likeness (QED) is 0.532. The Morgan fingerprint density at radius 2 is 1.77 bits per heavy atom. The average molecular weight is 430 g/mol. The van der Waals surface area contributed by atoms with Crippen molar-refractivity contribution in [1.29, 1.82) is 0 Å². The minimum absolute atomic E-state index is 0.0449. The number of nitrogens with one attached hydrogen (secondary N) is 1. The lowest BCUT2D eigenvalue weighted by Gasteiger charge is -2.33. The summed E-state index contributed by atoms with van der Waals surface area (Å²) in [7, 11) is 4.00. The molecule has 0 saturated carbocycles. The molecule has 0 saturated heterocycles. The number of thiophene rings is 1. The lowest BCUT2D eigenvalue weighted by Crippen LogP contribution is -2.41. The summed E-state index contributed by atoms with van der Waals surface area (Å²) < 4.78 is 0. The molecule has 2 rings (SSSR count). The molecular formula is C24H35N3O2S. The van der Waals surface area contributed by atoms with Crippen molar-refractivity contribution in [2.75, 3.05) is 24.3 Å². The van der Waals surface area contributed by atoms with Crippen LogP contribution in [0.1, 0.15) is 62.2 Å². The predicted octanol–water partition coefficient (Wildman–Crippen LogP) is 5.63. The summed E-state index contributed by atoms with van der Waals surface area (Å²) in [6.07, 6.45) is 2.59. The monoisotopic (exact) mass is 429 g/mol. The van der Waals surface area contributed by atoms with Gasteiger partial charge >= 0.3 is 0 Å². The van der Waals surface area contributed by atoms with Crippen LogP contribution in [-0.4, -0.2) is 36.9 Å². The first-order valence-electron chi connectivity index (χ1n) is 10.8. The molecule has 2 amide bonds. The molecule has 0 spiro atoms. The number of carbonyl (C=O) groups excluding carboxylic acids is 2. The summed E-state index contributed by atoms with van der Waals surface area (Å²) >= 11 is 1.42. The summed E-state index contributed by atoms with van der Waals surface area (Å²) in [5.41, 5.74) is 2.83. The predicted molar refractivity (Wildman–Crippen MR) is 127 cm³/mol. The molecule has 164 valence electrons. The molecule has 0 radical (unpaired) electrons. The van der Waals surface area contributed by atoms with Crippen LogP contribution in [0.3, 0.4) is 0 Å². The minimum Gasteiger partial charge on any atom is -0.377 e. The average Bonchev–Trinajstić information content (AvgIpc) is 3.27. The number of benzene rings is 1. The van der Waals surface area contributed by atoms with Crippen molar-refractivity contribution in [3.05, 3.63) is 46.2 Å². The lowest BCUT2D eigenvalue weighted by atomic mass is 9.99. The fraction of sp³-hybridized carbons (Fsp3) is 0.500. The van der Waals surface area contributed by atoms with E-state index in [0.717, 1.165) is 36.2 Å². The fourth-order valence-corrected chi connectivity index (χ4v) is 4.17. The Morgan fingerprint density at radius 3 is 2.30 bits per heavy atom. The maximum Gasteiger partial charge on any atom is 0.265 e. The van der Waals surface area contributed by atoms with Crippen LogP contribution in [0.15, 0.2) is 35.7 Å². The van der Waals surface area contributed by atoms with Crippen molar-refractivity contribution in [1.82, 2.24) is 4.90 Å². The van der Waals surface area contributed by atoms with Crippen LogP contribution in [0, 0.1) is 5.92 Å². The number of anilines is 2. The Kier molecular flexibility index (Phi) is 8.90. The summed E-state index contributed by atoms with van der Waals surface area (Å²) in [5.74, 6) is 0.149. The van der Waals surface area contributed by atoms with Gasteiger partial charge < -0.3 is 15.1 Å². The van der Waals surface area contributed by atoms with Crippen LogP contribution in [-0.2, 0) is 11.3 Å². The molecule has 0 unspecified atom stereocenters. The molecule has 0 fully saturated rings. The Hall–Kier alpha value is -2.34. The van der Waals surface area contributed by atoms with Gasteiger partial charge in [-0.05, 0) is 61.4 Å². The molecule has 0 aliphatic carbocycles. The van der Waals surface area contributed by atoms with Crippen molar-refractivity contribution in [3.63, 3.8) is 0 Å². The van der Waals surface area contributed by atoms with E-state index in [2.05, 4.69) is 37.9 Å². The van der Waals surface area contributed by atoms with Crippen molar-refractivity contribution < 1.29 is 9.59 Å². The molecule has 1 heterocycles. The van der Waals surface area contributed by atoms with Crippen LogP contribution >= 0.6 is 11.3 Å². The molecule has 5 nitrogen and oxygen atoms in total. The van der Waals surface area contributed by atoms with E-state index in [-0.39, 0.29) is 23.8 Å². The van der Waals surface area contributed by atoms with Gasteiger partial charge in [0, 0.05) is 44.0 Å². The van der Waals surface area contributed by atoms with Gasteiger partial charge in [0.15, 0.2) is 0 Å². The van der Waals surface area contributed by atoms with Gasteiger partial charge in [0.1, 0.15) is 0 Å². The third-order valence-electron chi connectivity index (χ3n) is 5.65. The van der Waals surface area contributed by atoms with E-state index in [1.54, 1.807) is 0 Å². The van der Waals surface area contributed by atoms with Crippen LogP contribution in [0.5, 0.6) is 0 Å². The smallest absolute Gasteiger partial charge is 0.265 e. The summed E-state index contributed by atoms with van der Waals surface area (Å²) in [6.45, 7) is 8.90. The number of carbonyl (C=O) groups is 2. The number of hydrogen-bond acceptors (Lipinski definition) is 4. The highest BCUT2D eigenvalue weighted by molar-refractivity contribution is 7.12. The zero-order valence-electron chi connectivity index (χ0n) is 19.1. The molecule has 0 bridgehead atoms. The Morgan fingerprint density at radius 1 is 1.07 bits per heavy atom. The number of rotatable bonds is 10. The van der Waals surface area contributed by atoms with E-state index in [0.29, 0.717) is 11.4 Å². The van der Waals surface area contributed by atoms with E-state index >= 15 is 0 Å². The molecule has 2 aromatic rings. The molecule has 6 heteroatoms. The zero-order chi connectivity index (χ0) is 22.3. The van der Waals surface area contributed by atoms with Gasteiger partial charge in [-0.1, -0.05) is 26.8 Å². The van der Waals surface area contributed by atoms with E-state index in [9.17, 15) is 9.59 Å². The normalized spacial score (nSPS) is 12.0. The standard InChI is InChI=1S/C24H35N3O2S/c1-7-17(4)27(24(29)18(8-2)9-3)16-19-15-20(12-13-21(19)26(5)6)25-23(28)22-11-10-14-30-22/h10-15,17-18H,7-9,16H2,1-6H3,(H,25,28)/t17-/m1/s1. The first-order chi connectivity index (χ1) is 14.3. The minimum atomic E-state index is -0.111. The Balaban J connectivity index is 2.35. The summed E-state index contributed by atoms with van der Waals surface area (Å²) in [6, 6.07) is 9.76. The second kappa shape index (κ2) is 11.2. The second-order valence-electron chi connectivity index (χ2n) is 7.91. The first kappa shape index (κ1) is 23.9. The molecule has 1 atom stereocenters. The fourth-order valence-electron chi connectivity index (χ4n) is 3.55. The van der Waals surface area contributed by atoms with E-state index in [4.69, 9.17) is 0 Å². The number of amides is 2. The van der Waals surface area contributed by atoms with Gasteiger partial charge in [-0.3, -0.25) is 9.59 Å². The van der Waals surface area contributed by atoms with Gasteiger partial charge in [0.25, 0.3) is 5.91 Å². The lowest BCUT2D eigenvalue weighted by molar-refractivity contribution is -0.138. The molecule has 1 aromatic heterocycles. The molecule has 1 N–H and O–H groups in total. The number of hydrogen-bond donors (Lipinski definition) is 1. The Labute approximate surface area is 185 Å². The van der Waals surface area contributed by atoms with Gasteiger partial charge in [-0.15, -0.1) is 11.3 Å². The van der Waals surface area contributed by atoms with Crippen molar-refractivity contribution in [2.24, 2.45) is 5.92 Å². The van der Waals surface area contributed by atoms with Gasteiger partial charge in [-0.25, -0.2) is 0 Å². The van der Waals surface area contributed by atoms with Crippen LogP contribution in [0.25, 0.3) is 0 Å². The zero-order valence-corrected chi connectivity index (χ0v) is 19.9. The first-order valence-corrected chi connectivity index (χ1v) is 11.7. The third-order valence-corrected chi connectivity index (χ3v) is 6.51. The highest BCUT2D eigenvalue weighted by atomic mass is 32.1. The summed E-state index contributed by atoms with van der Waals surface area (Å²) in [4.78, 5) is 30.5. The second-order valence-corrected chi connectivity index (χ2v) is 8.85. The largest absolute Gasteiger partial charge is 0.377 e. The van der Waals surface area contributed by atoms with E-state index < -0.39 is 0 Å². The van der Waals surface area contributed by atoms with Gasteiger partial charge in [0.2, 0.25) is 5.91 Å². The van der Waals surface area contributed by atoms with E-state index in [1.165, 1.54) is 11.3 Å². The highest BCUT2D eigenvalue weighted by Gasteiger charge is 2.26. The van der Waals surface area contributed by atoms with Crippen LogP contribution in [0.4, 0.5) is 11.4 Å². The maximum absolute atomic E-state index is 13.3. The van der Waals surface area contributed by atoms with Crippen molar-refractivity contribution >= 4 is 34.5 Å². The summed E-state index contributed by atoms with van der Waals surface area (Å²) in [5, 5.41) is 4.88. The molecule has 30 heavy (non-hydrogen) atoms. The van der Waals surface area contributed by atoms with Gasteiger partial charge in [0.05, 0.1) is 4.88 Å². The van der Waals surface area contributed by atoms with Gasteiger partial charge in [-0.2, -0.15) is 0 Å². The molecule has 0 aliphatic heterocycles. The van der Waals surface area contributed by atoms with E-state index in [1.807, 2.05) is 54.7 Å². The van der Waals surface area contributed by atoms with Crippen molar-refractivity contribution in [3.8, 4) is 0 Å². The topological polar surface area (TPSA) is 52.7 Å². The van der Waals surface area contributed by atoms with Crippen LogP contribution < -0.4 is 10.2 Å². The Bertz CT molecular complexity index is 829. The van der Waals surface area contributed by atoms with Crippen molar-refractivity contribution in [2.45, 2.75) is 59.5 Å². The SMILES string of the molecule is CCC(CC)C(=O)N(Cc1cc(NC(=O)c2cccs2)ccc1N(C)C)[C@H](C)CC. The third kappa shape index (κ3) is 5.85. The maximum atomic E-state index is 13.3. The number of nitrogens with zero attached hydrogens (tertiary/aromatic N) is 2. The van der Waals surface area contributed by atoms with Crippen LogP contribution in [0.2, 0.25) is 0 Å².